The van der Waals surface area contributed by atoms with Crippen LogP contribution in [-0.2, 0) is 9.59 Å². The summed E-state index contributed by atoms with van der Waals surface area (Å²) in [4.78, 5) is 24.7. The first-order chi connectivity index (χ1) is 8.56. The molecule has 96 valence electrons. The maximum Gasteiger partial charge on any atom is 0.326 e. The van der Waals surface area contributed by atoms with Crippen LogP contribution in [0.25, 0.3) is 0 Å². The lowest BCUT2D eigenvalue weighted by Crippen LogP contribution is -2.52. The zero-order chi connectivity index (χ0) is 13.3. The molecule has 1 aromatic rings. The largest absolute Gasteiger partial charge is 0.480 e. The molecule has 1 heterocycles. The van der Waals surface area contributed by atoms with E-state index in [1.165, 1.54) is 4.90 Å². The number of ether oxygens (including phenoxy) is 1. The lowest BCUT2D eigenvalue weighted by molar-refractivity contribution is -0.141. The normalized spacial score (nSPS) is 20.0. The summed E-state index contributed by atoms with van der Waals surface area (Å²) in [7, 11) is 0. The van der Waals surface area contributed by atoms with Crippen molar-refractivity contribution >= 4 is 17.6 Å². The van der Waals surface area contributed by atoms with Gasteiger partial charge < -0.3 is 9.84 Å². The molecule has 0 radical (unpaired) electrons. The van der Waals surface area contributed by atoms with Crippen LogP contribution in [0.5, 0.6) is 5.75 Å². The molecule has 18 heavy (non-hydrogen) atoms. The van der Waals surface area contributed by atoms with Crippen LogP contribution in [0, 0.1) is 0 Å². The number of carbonyl (C=O) groups excluding carboxylic acids is 1. The number of anilines is 1. The predicted molar refractivity (Wildman–Crippen MR) is 65.7 cm³/mol. The summed E-state index contributed by atoms with van der Waals surface area (Å²) in [6, 6.07) is 6.13. The molecule has 1 aromatic carbocycles. The molecule has 2 unspecified atom stereocenters. The fourth-order valence-corrected chi connectivity index (χ4v) is 2.10. The van der Waals surface area contributed by atoms with Crippen LogP contribution in [0.4, 0.5) is 5.69 Å². The molecule has 5 nitrogen and oxygen atoms in total. The molecule has 0 aromatic heterocycles. The maximum atomic E-state index is 12.1. The lowest BCUT2D eigenvalue weighted by atomic mass is 10.1. The van der Waals surface area contributed by atoms with Crippen LogP contribution < -0.4 is 9.64 Å². The Morgan fingerprint density at radius 1 is 1.50 bits per heavy atom. The van der Waals surface area contributed by atoms with E-state index in [1.54, 1.807) is 38.1 Å². The third kappa shape index (κ3) is 1.92. The Balaban J connectivity index is 2.50. The predicted octanol–water partition coefficient (Wildman–Crippen LogP) is 1.66. The Kier molecular flexibility index (Phi) is 3.23. The standard InChI is InChI=1S/C13H15NO4/c1-3-9(13(16)17)14-10-6-4-5-7-11(10)18-8(2)12(14)15/h4-9H,3H2,1-2H3,(H,16,17). The maximum absolute atomic E-state index is 12.1. The number of fused-ring (bicyclic) bond motifs is 1. The van der Waals surface area contributed by atoms with Crippen LogP contribution in [0.1, 0.15) is 20.3 Å². The number of carboxylic acids is 1. The molecule has 2 rings (SSSR count). The lowest BCUT2D eigenvalue weighted by Gasteiger charge is -2.36. The van der Waals surface area contributed by atoms with Crippen molar-refractivity contribution < 1.29 is 19.4 Å². The van der Waals surface area contributed by atoms with Gasteiger partial charge in [-0.15, -0.1) is 0 Å². The van der Waals surface area contributed by atoms with E-state index < -0.39 is 18.1 Å². The number of carboxylic acid groups (broad SMARTS) is 1. The van der Waals surface area contributed by atoms with Gasteiger partial charge in [-0.05, 0) is 25.5 Å². The number of nitrogens with zero attached hydrogens (tertiary/aromatic N) is 1. The summed E-state index contributed by atoms with van der Waals surface area (Å²) in [5, 5.41) is 9.22. The highest BCUT2D eigenvalue weighted by Crippen LogP contribution is 2.35. The SMILES string of the molecule is CCC(C(=O)O)N1C(=O)C(C)Oc2ccccc21. The second kappa shape index (κ2) is 4.68. The summed E-state index contributed by atoms with van der Waals surface area (Å²) in [5.41, 5.74) is 0.523. The summed E-state index contributed by atoms with van der Waals surface area (Å²) in [5.74, 6) is -0.776. The molecule has 1 amide bonds. The van der Waals surface area contributed by atoms with Gasteiger partial charge in [0.05, 0.1) is 5.69 Å². The van der Waals surface area contributed by atoms with Crippen LogP contribution in [-0.4, -0.2) is 29.1 Å². The van der Waals surface area contributed by atoms with Crippen LogP contribution >= 0.6 is 0 Å². The van der Waals surface area contributed by atoms with Gasteiger partial charge in [0.1, 0.15) is 11.8 Å². The van der Waals surface area contributed by atoms with Crippen molar-refractivity contribution in [3.05, 3.63) is 24.3 Å². The van der Waals surface area contributed by atoms with Crippen molar-refractivity contribution in [2.75, 3.05) is 4.90 Å². The van der Waals surface area contributed by atoms with Gasteiger partial charge >= 0.3 is 5.97 Å². The second-order valence-corrected chi connectivity index (χ2v) is 4.20. The van der Waals surface area contributed by atoms with E-state index in [2.05, 4.69) is 0 Å². The summed E-state index contributed by atoms with van der Waals surface area (Å²) < 4.78 is 5.46. The van der Waals surface area contributed by atoms with Gasteiger partial charge in [-0.2, -0.15) is 0 Å². The Morgan fingerprint density at radius 3 is 2.78 bits per heavy atom. The first-order valence-electron chi connectivity index (χ1n) is 5.87. The highest BCUT2D eigenvalue weighted by molar-refractivity contribution is 6.04. The molecule has 0 spiro atoms. The molecule has 2 atom stereocenters. The molecule has 0 saturated heterocycles. The minimum Gasteiger partial charge on any atom is -0.480 e. The number of para-hydroxylation sites is 2. The second-order valence-electron chi connectivity index (χ2n) is 4.20. The number of benzene rings is 1. The van der Waals surface area contributed by atoms with E-state index in [9.17, 15) is 14.7 Å². The minimum atomic E-state index is -1.00. The van der Waals surface area contributed by atoms with E-state index in [1.807, 2.05) is 0 Å². The van der Waals surface area contributed by atoms with Gasteiger partial charge in [-0.25, -0.2) is 4.79 Å². The monoisotopic (exact) mass is 249 g/mol. The summed E-state index contributed by atoms with van der Waals surface area (Å²) >= 11 is 0. The number of carbonyl (C=O) groups is 2. The Labute approximate surface area is 105 Å². The number of hydrogen-bond donors (Lipinski definition) is 1. The average molecular weight is 249 g/mol. The van der Waals surface area contributed by atoms with E-state index in [4.69, 9.17) is 4.74 Å². The fourth-order valence-electron chi connectivity index (χ4n) is 2.10. The van der Waals surface area contributed by atoms with Gasteiger partial charge in [0, 0.05) is 0 Å². The van der Waals surface area contributed by atoms with Gasteiger partial charge in [-0.1, -0.05) is 19.1 Å². The van der Waals surface area contributed by atoms with Crippen molar-refractivity contribution in [2.24, 2.45) is 0 Å². The van der Waals surface area contributed by atoms with E-state index >= 15 is 0 Å². The highest BCUT2D eigenvalue weighted by atomic mass is 16.5. The smallest absolute Gasteiger partial charge is 0.326 e. The fraction of sp³-hybridized carbons (Fsp3) is 0.385. The molecule has 0 aliphatic carbocycles. The van der Waals surface area contributed by atoms with Gasteiger partial charge in [0.25, 0.3) is 5.91 Å². The van der Waals surface area contributed by atoms with Crippen LogP contribution in [0.2, 0.25) is 0 Å². The number of aliphatic carboxylic acids is 1. The average Bonchev–Trinajstić information content (AvgIpc) is 2.34. The van der Waals surface area contributed by atoms with Crippen molar-refractivity contribution in [3.8, 4) is 5.75 Å². The zero-order valence-corrected chi connectivity index (χ0v) is 10.3. The molecule has 0 bridgehead atoms. The molecule has 1 aliphatic heterocycles. The first-order valence-corrected chi connectivity index (χ1v) is 5.87. The van der Waals surface area contributed by atoms with E-state index in [0.717, 1.165) is 0 Å². The van der Waals surface area contributed by atoms with Crippen molar-refractivity contribution in [1.82, 2.24) is 0 Å². The zero-order valence-electron chi connectivity index (χ0n) is 10.3. The molecular weight excluding hydrogens is 234 g/mol. The molecule has 1 N–H and O–H groups in total. The van der Waals surface area contributed by atoms with E-state index in [0.29, 0.717) is 17.9 Å². The molecule has 0 saturated carbocycles. The molecule has 5 heteroatoms. The topological polar surface area (TPSA) is 66.8 Å². The van der Waals surface area contributed by atoms with Gasteiger partial charge in [0.2, 0.25) is 0 Å². The van der Waals surface area contributed by atoms with Crippen molar-refractivity contribution in [2.45, 2.75) is 32.4 Å². The Bertz CT molecular complexity index is 486. The quantitative estimate of drug-likeness (QED) is 0.884. The molecule has 0 fully saturated rings. The minimum absolute atomic E-state index is 0.317. The third-order valence-corrected chi connectivity index (χ3v) is 3.00. The number of hydrogen-bond acceptors (Lipinski definition) is 3. The molecule has 1 aliphatic rings. The van der Waals surface area contributed by atoms with Crippen LogP contribution in [0.3, 0.4) is 0 Å². The Hall–Kier alpha value is -2.04. The summed E-state index contributed by atoms with van der Waals surface area (Å²) in [6.07, 6.45) is -0.310. The third-order valence-electron chi connectivity index (χ3n) is 3.00. The number of rotatable bonds is 3. The van der Waals surface area contributed by atoms with Crippen molar-refractivity contribution in [3.63, 3.8) is 0 Å². The summed E-state index contributed by atoms with van der Waals surface area (Å²) in [6.45, 7) is 3.37. The highest BCUT2D eigenvalue weighted by Gasteiger charge is 2.38. The molecular formula is C13H15NO4. The van der Waals surface area contributed by atoms with Gasteiger partial charge in [0.15, 0.2) is 6.10 Å². The van der Waals surface area contributed by atoms with E-state index in [-0.39, 0.29) is 5.91 Å². The van der Waals surface area contributed by atoms with Crippen molar-refractivity contribution in [1.29, 1.82) is 0 Å². The van der Waals surface area contributed by atoms with Gasteiger partial charge in [-0.3, -0.25) is 9.69 Å². The Morgan fingerprint density at radius 2 is 2.17 bits per heavy atom. The number of amides is 1. The van der Waals surface area contributed by atoms with Crippen LogP contribution in [0.15, 0.2) is 24.3 Å². The first kappa shape index (κ1) is 12.4.